The van der Waals surface area contributed by atoms with E-state index in [-0.39, 0.29) is 24.3 Å². The zero-order valence-corrected chi connectivity index (χ0v) is 18.8. The smallest absolute Gasteiger partial charge is 0.336 e. The lowest BCUT2D eigenvalue weighted by Crippen LogP contribution is -2.36. The van der Waals surface area contributed by atoms with E-state index in [2.05, 4.69) is 5.32 Å². The van der Waals surface area contributed by atoms with Gasteiger partial charge in [0.05, 0.1) is 12.2 Å². The molecule has 2 aromatic carbocycles. The van der Waals surface area contributed by atoms with Gasteiger partial charge in [-0.25, -0.2) is 4.79 Å². The van der Waals surface area contributed by atoms with Crippen LogP contribution in [0.1, 0.15) is 55.2 Å². The number of carbonyl (C=O) groups is 2. The number of ether oxygens (including phenoxy) is 1. The van der Waals surface area contributed by atoms with Crippen LogP contribution < -0.4 is 5.32 Å². The van der Waals surface area contributed by atoms with Gasteiger partial charge in [0.25, 0.3) is 0 Å². The Morgan fingerprint density at radius 3 is 2.32 bits per heavy atom. The molecule has 4 nitrogen and oxygen atoms in total. The molecule has 0 radical (unpaired) electrons. The van der Waals surface area contributed by atoms with Crippen LogP contribution in [-0.2, 0) is 14.3 Å². The van der Waals surface area contributed by atoms with Gasteiger partial charge in [-0.3, -0.25) is 4.79 Å². The van der Waals surface area contributed by atoms with Gasteiger partial charge in [0.15, 0.2) is 5.78 Å². The zero-order valence-electron chi connectivity index (χ0n) is 18.0. The number of dihydropyridines is 1. The molecule has 31 heavy (non-hydrogen) atoms. The van der Waals surface area contributed by atoms with Gasteiger partial charge >= 0.3 is 5.97 Å². The van der Waals surface area contributed by atoms with Crippen molar-refractivity contribution < 1.29 is 14.3 Å². The fraction of sp³-hybridized carbons (Fsp3) is 0.308. The molecule has 0 amide bonds. The Bertz CT molecular complexity index is 1080. The predicted molar refractivity (Wildman–Crippen MR) is 122 cm³/mol. The Morgan fingerprint density at radius 2 is 1.68 bits per heavy atom. The SMILES string of the molecule is CCOC(=O)C1=C(C)NC2=C(C(=O)CC(c3ccc(Cl)cc3)C2)C1c1ccc(C)cc1. The van der Waals surface area contributed by atoms with Gasteiger partial charge < -0.3 is 10.1 Å². The highest BCUT2D eigenvalue weighted by Gasteiger charge is 2.41. The maximum absolute atomic E-state index is 13.5. The van der Waals surface area contributed by atoms with Crippen molar-refractivity contribution in [3.05, 3.63) is 92.8 Å². The van der Waals surface area contributed by atoms with Crippen LogP contribution in [0.4, 0.5) is 0 Å². The molecule has 2 unspecified atom stereocenters. The van der Waals surface area contributed by atoms with E-state index in [0.29, 0.717) is 29.0 Å². The molecule has 0 saturated carbocycles. The number of esters is 1. The minimum Gasteiger partial charge on any atom is -0.463 e. The molecule has 0 bridgehead atoms. The molecular weight excluding hydrogens is 410 g/mol. The Morgan fingerprint density at radius 1 is 1.03 bits per heavy atom. The minimum absolute atomic E-state index is 0.0635. The summed E-state index contributed by atoms with van der Waals surface area (Å²) in [6, 6.07) is 15.7. The summed E-state index contributed by atoms with van der Waals surface area (Å²) in [6.45, 7) is 5.98. The molecule has 5 heteroatoms. The Kier molecular flexibility index (Phi) is 6.01. The van der Waals surface area contributed by atoms with E-state index in [1.807, 2.05) is 62.4 Å². The van der Waals surface area contributed by atoms with E-state index >= 15 is 0 Å². The second-order valence-corrected chi connectivity index (χ2v) is 8.64. The molecule has 1 heterocycles. The summed E-state index contributed by atoms with van der Waals surface area (Å²) in [5, 5.41) is 4.05. The topological polar surface area (TPSA) is 55.4 Å². The van der Waals surface area contributed by atoms with Crippen LogP contribution >= 0.6 is 11.6 Å². The molecule has 1 N–H and O–H groups in total. The number of hydrogen-bond donors (Lipinski definition) is 1. The first kappa shape index (κ1) is 21.4. The van der Waals surface area contributed by atoms with Crippen molar-refractivity contribution in [3.63, 3.8) is 0 Å². The molecule has 0 spiro atoms. The first-order chi connectivity index (χ1) is 14.9. The van der Waals surface area contributed by atoms with Crippen LogP contribution in [0.15, 0.2) is 71.1 Å². The van der Waals surface area contributed by atoms with Crippen molar-refractivity contribution >= 4 is 23.4 Å². The molecular formula is C26H26ClNO3. The maximum Gasteiger partial charge on any atom is 0.336 e. The fourth-order valence-electron chi connectivity index (χ4n) is 4.58. The number of halogens is 1. The van der Waals surface area contributed by atoms with Crippen LogP contribution in [0, 0.1) is 6.92 Å². The van der Waals surface area contributed by atoms with Gasteiger partial charge in [-0.2, -0.15) is 0 Å². The highest BCUT2D eigenvalue weighted by molar-refractivity contribution is 6.30. The lowest BCUT2D eigenvalue weighted by molar-refractivity contribution is -0.138. The van der Waals surface area contributed by atoms with E-state index in [4.69, 9.17) is 16.3 Å². The van der Waals surface area contributed by atoms with Crippen LogP contribution in [0.2, 0.25) is 5.02 Å². The molecule has 0 aromatic heterocycles. The van der Waals surface area contributed by atoms with Crippen LogP contribution in [0.5, 0.6) is 0 Å². The molecule has 1 aliphatic carbocycles. The number of rotatable bonds is 4. The number of aryl methyl sites for hydroxylation is 1. The molecule has 1 aliphatic heterocycles. The Balaban J connectivity index is 1.78. The standard InChI is InChI=1S/C26H26ClNO3/c1-4-31-26(30)23-16(3)28-21-13-19(17-9-11-20(27)12-10-17)14-22(29)25(21)24(23)18-7-5-15(2)6-8-18/h5-12,19,24,28H,4,13-14H2,1-3H3. The molecule has 0 saturated heterocycles. The van der Waals surface area contributed by atoms with E-state index in [1.54, 1.807) is 6.92 Å². The van der Waals surface area contributed by atoms with Crippen LogP contribution in [-0.4, -0.2) is 18.4 Å². The largest absolute Gasteiger partial charge is 0.463 e. The average Bonchev–Trinajstić information content (AvgIpc) is 2.74. The molecule has 2 aliphatic rings. The van der Waals surface area contributed by atoms with Crippen molar-refractivity contribution in [1.29, 1.82) is 0 Å². The van der Waals surface area contributed by atoms with E-state index in [1.165, 1.54) is 0 Å². The number of benzene rings is 2. The lowest BCUT2D eigenvalue weighted by Gasteiger charge is -2.36. The van der Waals surface area contributed by atoms with E-state index < -0.39 is 5.92 Å². The third-order valence-corrected chi connectivity index (χ3v) is 6.33. The van der Waals surface area contributed by atoms with Crippen molar-refractivity contribution in [2.75, 3.05) is 6.61 Å². The van der Waals surface area contributed by atoms with Gasteiger partial charge in [0.2, 0.25) is 0 Å². The second-order valence-electron chi connectivity index (χ2n) is 8.20. The summed E-state index contributed by atoms with van der Waals surface area (Å²) in [6.07, 6.45) is 1.11. The number of hydrogen-bond acceptors (Lipinski definition) is 4. The van der Waals surface area contributed by atoms with Gasteiger partial charge in [0, 0.05) is 34.3 Å². The first-order valence-electron chi connectivity index (χ1n) is 10.6. The zero-order chi connectivity index (χ0) is 22.1. The normalized spacial score (nSPS) is 21.0. The van der Waals surface area contributed by atoms with Gasteiger partial charge in [0.1, 0.15) is 0 Å². The number of nitrogens with one attached hydrogen (secondary N) is 1. The maximum atomic E-state index is 13.5. The quantitative estimate of drug-likeness (QED) is 0.637. The van der Waals surface area contributed by atoms with E-state index in [0.717, 1.165) is 28.1 Å². The average molecular weight is 436 g/mol. The van der Waals surface area contributed by atoms with Crippen LogP contribution in [0.3, 0.4) is 0 Å². The van der Waals surface area contributed by atoms with Gasteiger partial charge in [-0.1, -0.05) is 53.6 Å². The summed E-state index contributed by atoms with van der Waals surface area (Å²) in [7, 11) is 0. The molecule has 0 fully saturated rings. The second kappa shape index (κ2) is 8.72. The third-order valence-electron chi connectivity index (χ3n) is 6.08. The molecule has 2 aromatic rings. The summed E-state index contributed by atoms with van der Waals surface area (Å²) in [5.41, 5.74) is 5.99. The number of allylic oxidation sites excluding steroid dienone is 3. The predicted octanol–water partition coefficient (Wildman–Crippen LogP) is 5.57. The summed E-state index contributed by atoms with van der Waals surface area (Å²) >= 11 is 6.04. The third kappa shape index (κ3) is 4.17. The Hall–Kier alpha value is -2.85. The van der Waals surface area contributed by atoms with Crippen molar-refractivity contribution in [3.8, 4) is 0 Å². The number of Topliss-reactive ketones (excluding diaryl/α,β-unsaturated/α-hetero) is 1. The molecule has 160 valence electrons. The van der Waals surface area contributed by atoms with Gasteiger partial charge in [-0.05, 0) is 56.4 Å². The first-order valence-corrected chi connectivity index (χ1v) is 11.0. The lowest BCUT2D eigenvalue weighted by atomic mass is 9.71. The summed E-state index contributed by atoms with van der Waals surface area (Å²) in [4.78, 5) is 26.4. The van der Waals surface area contributed by atoms with Gasteiger partial charge in [-0.15, -0.1) is 0 Å². The van der Waals surface area contributed by atoms with Crippen LogP contribution in [0.25, 0.3) is 0 Å². The highest BCUT2D eigenvalue weighted by atomic mass is 35.5. The fourth-order valence-corrected chi connectivity index (χ4v) is 4.71. The minimum atomic E-state index is -0.422. The monoisotopic (exact) mass is 435 g/mol. The number of ketones is 1. The van der Waals surface area contributed by atoms with E-state index in [9.17, 15) is 9.59 Å². The molecule has 2 atom stereocenters. The van der Waals surface area contributed by atoms with Crippen molar-refractivity contribution in [2.45, 2.75) is 45.4 Å². The number of carbonyl (C=O) groups excluding carboxylic acids is 2. The van der Waals surface area contributed by atoms with Crippen molar-refractivity contribution in [1.82, 2.24) is 5.32 Å². The highest BCUT2D eigenvalue weighted by Crippen LogP contribution is 2.45. The van der Waals surface area contributed by atoms with Crippen molar-refractivity contribution in [2.24, 2.45) is 0 Å². The summed E-state index contributed by atoms with van der Waals surface area (Å²) < 4.78 is 5.36. The molecule has 4 rings (SSSR count). The summed E-state index contributed by atoms with van der Waals surface area (Å²) in [5.74, 6) is -0.660. The Labute approximate surface area is 187 Å².